The molecule has 0 aliphatic heterocycles. The average Bonchev–Trinajstić information content (AvgIpc) is 2.58. The molecule has 1 N–H and O–H groups in total. The zero-order valence-electron chi connectivity index (χ0n) is 11.8. The Labute approximate surface area is 105 Å². The maximum absolute atomic E-state index is 10.3. The fourth-order valence-corrected chi connectivity index (χ4v) is 2.52. The summed E-state index contributed by atoms with van der Waals surface area (Å²) < 4.78 is 1.80. The number of hydrogen-bond acceptors (Lipinski definition) is 2. The van der Waals surface area contributed by atoms with Crippen molar-refractivity contribution in [1.82, 2.24) is 9.78 Å². The van der Waals surface area contributed by atoms with Gasteiger partial charge in [-0.1, -0.05) is 27.7 Å². The van der Waals surface area contributed by atoms with Gasteiger partial charge in [-0.15, -0.1) is 0 Å². The number of rotatable bonds is 6. The molecule has 2 atom stereocenters. The molecule has 98 valence electrons. The van der Waals surface area contributed by atoms with E-state index in [0.717, 1.165) is 24.1 Å². The summed E-state index contributed by atoms with van der Waals surface area (Å²) in [6.07, 6.45) is 4.46. The van der Waals surface area contributed by atoms with Crippen molar-refractivity contribution >= 4 is 0 Å². The van der Waals surface area contributed by atoms with Crippen molar-refractivity contribution in [3.8, 4) is 0 Å². The SMILES string of the molecule is CCc1nn(C)cc1C(O)CC(C)CC(C)C. The lowest BCUT2D eigenvalue weighted by Gasteiger charge is -2.18. The van der Waals surface area contributed by atoms with Crippen LogP contribution in [-0.2, 0) is 13.5 Å². The quantitative estimate of drug-likeness (QED) is 0.827. The Hall–Kier alpha value is -0.830. The van der Waals surface area contributed by atoms with Crippen LogP contribution in [0.4, 0.5) is 0 Å². The van der Waals surface area contributed by atoms with Crippen LogP contribution in [0.25, 0.3) is 0 Å². The fraction of sp³-hybridized carbons (Fsp3) is 0.786. The summed E-state index contributed by atoms with van der Waals surface area (Å²) in [5, 5.41) is 14.7. The monoisotopic (exact) mass is 238 g/mol. The number of nitrogens with zero attached hydrogens (tertiary/aromatic N) is 2. The third-order valence-corrected chi connectivity index (χ3v) is 3.13. The van der Waals surface area contributed by atoms with E-state index in [-0.39, 0.29) is 6.10 Å². The number of aliphatic hydroxyl groups excluding tert-OH is 1. The van der Waals surface area contributed by atoms with Gasteiger partial charge in [0.1, 0.15) is 0 Å². The first-order valence-corrected chi connectivity index (χ1v) is 6.64. The Morgan fingerprint density at radius 1 is 1.29 bits per heavy atom. The van der Waals surface area contributed by atoms with E-state index in [0.29, 0.717) is 11.8 Å². The number of hydrogen-bond donors (Lipinski definition) is 1. The van der Waals surface area contributed by atoms with Crippen LogP contribution in [0.3, 0.4) is 0 Å². The van der Waals surface area contributed by atoms with E-state index in [9.17, 15) is 5.11 Å². The maximum Gasteiger partial charge on any atom is 0.0825 e. The molecule has 1 rings (SSSR count). The Kier molecular flexibility index (Phi) is 5.19. The number of aromatic nitrogens is 2. The van der Waals surface area contributed by atoms with Crippen LogP contribution in [-0.4, -0.2) is 14.9 Å². The molecule has 3 nitrogen and oxygen atoms in total. The molecule has 1 heterocycles. The number of aryl methyl sites for hydroxylation is 2. The predicted octanol–water partition coefficient (Wildman–Crippen LogP) is 3.09. The molecule has 0 aliphatic carbocycles. The minimum absolute atomic E-state index is 0.368. The van der Waals surface area contributed by atoms with Crippen molar-refractivity contribution < 1.29 is 5.11 Å². The van der Waals surface area contributed by atoms with Gasteiger partial charge in [0.05, 0.1) is 11.8 Å². The molecule has 0 fully saturated rings. The molecular weight excluding hydrogens is 212 g/mol. The molecule has 3 heteroatoms. The van der Waals surface area contributed by atoms with E-state index in [1.54, 1.807) is 4.68 Å². The average molecular weight is 238 g/mol. The highest BCUT2D eigenvalue weighted by molar-refractivity contribution is 5.19. The fourth-order valence-electron chi connectivity index (χ4n) is 2.52. The van der Waals surface area contributed by atoms with Crippen LogP contribution in [0.2, 0.25) is 0 Å². The van der Waals surface area contributed by atoms with Gasteiger partial charge in [0, 0.05) is 18.8 Å². The van der Waals surface area contributed by atoms with Crippen LogP contribution in [0.1, 0.15) is 57.9 Å². The summed E-state index contributed by atoms with van der Waals surface area (Å²) >= 11 is 0. The first kappa shape index (κ1) is 14.2. The van der Waals surface area contributed by atoms with Crippen molar-refractivity contribution in [1.29, 1.82) is 0 Å². The predicted molar refractivity (Wildman–Crippen MR) is 70.8 cm³/mol. The number of aliphatic hydroxyl groups is 1. The third kappa shape index (κ3) is 4.15. The molecule has 0 bridgehead atoms. The van der Waals surface area contributed by atoms with Gasteiger partial charge in [-0.05, 0) is 31.1 Å². The molecule has 0 aliphatic rings. The molecule has 0 saturated carbocycles. The van der Waals surface area contributed by atoms with Crippen molar-refractivity contribution in [2.75, 3.05) is 0 Å². The van der Waals surface area contributed by atoms with Crippen LogP contribution < -0.4 is 0 Å². The normalized spacial score (nSPS) is 15.2. The van der Waals surface area contributed by atoms with E-state index in [1.807, 2.05) is 13.2 Å². The van der Waals surface area contributed by atoms with Gasteiger partial charge in [-0.2, -0.15) is 5.10 Å². The first-order chi connectivity index (χ1) is 7.93. The van der Waals surface area contributed by atoms with Gasteiger partial charge in [0.25, 0.3) is 0 Å². The highest BCUT2D eigenvalue weighted by atomic mass is 16.3. The largest absolute Gasteiger partial charge is 0.388 e. The van der Waals surface area contributed by atoms with Crippen molar-refractivity contribution in [2.24, 2.45) is 18.9 Å². The standard InChI is InChI=1S/C14H26N2O/c1-6-13-12(9-16(5)15-13)14(17)8-11(4)7-10(2)3/h9-11,14,17H,6-8H2,1-5H3. The van der Waals surface area contributed by atoms with E-state index < -0.39 is 0 Å². The first-order valence-electron chi connectivity index (χ1n) is 6.64. The van der Waals surface area contributed by atoms with Gasteiger partial charge < -0.3 is 5.11 Å². The highest BCUT2D eigenvalue weighted by Crippen LogP contribution is 2.27. The van der Waals surface area contributed by atoms with E-state index in [1.165, 1.54) is 6.42 Å². The summed E-state index contributed by atoms with van der Waals surface area (Å²) in [5.74, 6) is 1.24. The molecule has 0 aromatic carbocycles. The third-order valence-electron chi connectivity index (χ3n) is 3.13. The van der Waals surface area contributed by atoms with Gasteiger partial charge in [-0.3, -0.25) is 4.68 Å². The minimum atomic E-state index is -0.368. The summed E-state index contributed by atoms with van der Waals surface area (Å²) in [6, 6.07) is 0. The van der Waals surface area contributed by atoms with Crippen LogP contribution in [0.15, 0.2) is 6.20 Å². The van der Waals surface area contributed by atoms with Crippen molar-refractivity contribution in [3.05, 3.63) is 17.5 Å². The summed E-state index contributed by atoms with van der Waals surface area (Å²) in [7, 11) is 1.91. The Morgan fingerprint density at radius 3 is 2.47 bits per heavy atom. The Bertz CT molecular complexity index is 344. The lowest BCUT2D eigenvalue weighted by atomic mass is 9.91. The molecule has 1 aromatic rings. The van der Waals surface area contributed by atoms with Gasteiger partial charge in [0.15, 0.2) is 0 Å². The van der Waals surface area contributed by atoms with Crippen LogP contribution in [0, 0.1) is 11.8 Å². The van der Waals surface area contributed by atoms with Crippen LogP contribution >= 0.6 is 0 Å². The molecular formula is C14H26N2O. The molecule has 0 saturated heterocycles. The van der Waals surface area contributed by atoms with Crippen molar-refractivity contribution in [2.45, 2.75) is 53.1 Å². The van der Waals surface area contributed by atoms with E-state index >= 15 is 0 Å². The molecule has 0 radical (unpaired) electrons. The van der Waals surface area contributed by atoms with E-state index in [4.69, 9.17) is 0 Å². The molecule has 17 heavy (non-hydrogen) atoms. The van der Waals surface area contributed by atoms with Gasteiger partial charge in [0.2, 0.25) is 0 Å². The molecule has 1 aromatic heterocycles. The highest BCUT2D eigenvalue weighted by Gasteiger charge is 2.18. The second-order valence-corrected chi connectivity index (χ2v) is 5.54. The summed E-state index contributed by atoms with van der Waals surface area (Å²) in [4.78, 5) is 0. The second-order valence-electron chi connectivity index (χ2n) is 5.54. The topological polar surface area (TPSA) is 38.0 Å². The van der Waals surface area contributed by atoms with Crippen LogP contribution in [0.5, 0.6) is 0 Å². The lowest BCUT2D eigenvalue weighted by molar-refractivity contribution is 0.141. The zero-order valence-corrected chi connectivity index (χ0v) is 11.8. The smallest absolute Gasteiger partial charge is 0.0825 e. The van der Waals surface area contributed by atoms with Gasteiger partial charge >= 0.3 is 0 Å². The maximum atomic E-state index is 10.3. The molecule has 0 spiro atoms. The summed E-state index contributed by atoms with van der Waals surface area (Å²) in [5.41, 5.74) is 2.03. The zero-order chi connectivity index (χ0) is 13.0. The summed E-state index contributed by atoms with van der Waals surface area (Å²) in [6.45, 7) is 8.75. The van der Waals surface area contributed by atoms with Crippen molar-refractivity contribution in [3.63, 3.8) is 0 Å². The van der Waals surface area contributed by atoms with Gasteiger partial charge in [-0.25, -0.2) is 0 Å². The lowest BCUT2D eigenvalue weighted by Crippen LogP contribution is -2.08. The Balaban J connectivity index is 2.65. The minimum Gasteiger partial charge on any atom is -0.388 e. The van der Waals surface area contributed by atoms with E-state index in [2.05, 4.69) is 32.8 Å². The second kappa shape index (κ2) is 6.20. The molecule has 2 unspecified atom stereocenters. The Morgan fingerprint density at radius 2 is 1.94 bits per heavy atom. The molecule has 0 amide bonds.